The van der Waals surface area contributed by atoms with E-state index in [0.29, 0.717) is 11.5 Å². The van der Waals surface area contributed by atoms with E-state index in [1.165, 1.54) is 7.11 Å². The van der Waals surface area contributed by atoms with Crippen molar-refractivity contribution in [1.82, 2.24) is 4.98 Å². The standard InChI is InChI=1S/C13H10N2O6/c1-20-9-2-4-10(5-3-9)21-12-11(13(16)17)6-8(7-14-12)15(18)19/h2-7H,1H3,(H,16,17). The van der Waals surface area contributed by atoms with Crippen LogP contribution in [0.2, 0.25) is 0 Å². The second-order valence-corrected chi connectivity index (χ2v) is 3.89. The van der Waals surface area contributed by atoms with Crippen LogP contribution in [0.4, 0.5) is 5.69 Å². The quantitative estimate of drug-likeness (QED) is 0.664. The molecular weight excluding hydrogens is 280 g/mol. The zero-order valence-corrected chi connectivity index (χ0v) is 10.8. The number of ether oxygens (including phenoxy) is 2. The molecule has 0 amide bonds. The summed E-state index contributed by atoms with van der Waals surface area (Å²) in [5.41, 5.74) is -0.811. The van der Waals surface area contributed by atoms with Crippen LogP contribution < -0.4 is 9.47 Å². The highest BCUT2D eigenvalue weighted by molar-refractivity contribution is 5.91. The van der Waals surface area contributed by atoms with Gasteiger partial charge in [-0.2, -0.15) is 0 Å². The fourth-order valence-corrected chi connectivity index (χ4v) is 1.53. The number of rotatable bonds is 5. The molecule has 0 spiro atoms. The zero-order valence-electron chi connectivity index (χ0n) is 10.8. The van der Waals surface area contributed by atoms with Crippen LogP contribution in [-0.4, -0.2) is 28.1 Å². The Morgan fingerprint density at radius 2 is 1.90 bits per heavy atom. The summed E-state index contributed by atoms with van der Waals surface area (Å²) in [6.07, 6.45) is 0.936. The maximum Gasteiger partial charge on any atom is 0.341 e. The second-order valence-electron chi connectivity index (χ2n) is 3.89. The van der Waals surface area contributed by atoms with Crippen LogP contribution >= 0.6 is 0 Å². The number of carbonyl (C=O) groups is 1. The van der Waals surface area contributed by atoms with Crippen molar-refractivity contribution in [3.05, 3.63) is 52.2 Å². The molecule has 2 aromatic rings. The molecule has 0 saturated carbocycles. The molecule has 21 heavy (non-hydrogen) atoms. The van der Waals surface area contributed by atoms with Crippen LogP contribution in [0.3, 0.4) is 0 Å². The number of carboxylic acid groups (broad SMARTS) is 1. The van der Waals surface area contributed by atoms with E-state index in [2.05, 4.69) is 4.98 Å². The lowest BCUT2D eigenvalue weighted by Crippen LogP contribution is -2.03. The van der Waals surface area contributed by atoms with Crippen molar-refractivity contribution in [2.75, 3.05) is 7.11 Å². The van der Waals surface area contributed by atoms with Gasteiger partial charge in [-0.3, -0.25) is 10.1 Å². The van der Waals surface area contributed by atoms with Gasteiger partial charge in [-0.1, -0.05) is 0 Å². The van der Waals surface area contributed by atoms with Crippen molar-refractivity contribution in [3.8, 4) is 17.4 Å². The van der Waals surface area contributed by atoms with Crippen molar-refractivity contribution >= 4 is 11.7 Å². The van der Waals surface area contributed by atoms with E-state index in [1.54, 1.807) is 24.3 Å². The van der Waals surface area contributed by atoms with Gasteiger partial charge < -0.3 is 14.6 Å². The normalized spacial score (nSPS) is 9.95. The summed E-state index contributed by atoms with van der Waals surface area (Å²) < 4.78 is 10.3. The number of hydrogen-bond acceptors (Lipinski definition) is 6. The first kappa shape index (κ1) is 14.3. The summed E-state index contributed by atoms with van der Waals surface area (Å²) in [5, 5.41) is 19.7. The average molecular weight is 290 g/mol. The topological polar surface area (TPSA) is 112 Å². The summed E-state index contributed by atoms with van der Waals surface area (Å²) in [6, 6.07) is 7.28. The third-order valence-corrected chi connectivity index (χ3v) is 2.55. The number of aromatic carboxylic acids is 1. The average Bonchev–Trinajstić information content (AvgIpc) is 2.48. The highest BCUT2D eigenvalue weighted by Gasteiger charge is 2.19. The Morgan fingerprint density at radius 3 is 2.43 bits per heavy atom. The number of pyridine rings is 1. The van der Waals surface area contributed by atoms with Crippen LogP contribution in [0.25, 0.3) is 0 Å². The lowest BCUT2D eigenvalue weighted by molar-refractivity contribution is -0.385. The van der Waals surface area contributed by atoms with Gasteiger partial charge in [-0.05, 0) is 24.3 Å². The van der Waals surface area contributed by atoms with Gasteiger partial charge in [0.05, 0.1) is 12.0 Å². The number of benzene rings is 1. The minimum atomic E-state index is -1.37. The zero-order chi connectivity index (χ0) is 15.4. The number of nitrogens with zero attached hydrogens (tertiary/aromatic N) is 2. The third kappa shape index (κ3) is 3.24. The summed E-state index contributed by atoms with van der Waals surface area (Å²) in [7, 11) is 1.51. The van der Waals surface area contributed by atoms with Crippen molar-refractivity contribution in [2.24, 2.45) is 0 Å². The van der Waals surface area contributed by atoms with Gasteiger partial charge in [0.25, 0.3) is 5.69 Å². The molecule has 0 saturated heterocycles. The Labute approximate surface area is 118 Å². The first-order valence-corrected chi connectivity index (χ1v) is 5.71. The van der Waals surface area contributed by atoms with E-state index in [4.69, 9.17) is 14.6 Å². The molecule has 1 aromatic heterocycles. The SMILES string of the molecule is COc1ccc(Oc2ncc([N+](=O)[O-])cc2C(=O)O)cc1. The molecule has 1 N–H and O–H groups in total. The molecular formula is C13H10N2O6. The van der Waals surface area contributed by atoms with Crippen molar-refractivity contribution < 1.29 is 24.3 Å². The lowest BCUT2D eigenvalue weighted by Gasteiger charge is -2.08. The van der Waals surface area contributed by atoms with Crippen LogP contribution in [0, 0.1) is 10.1 Å². The van der Waals surface area contributed by atoms with E-state index >= 15 is 0 Å². The van der Waals surface area contributed by atoms with E-state index in [9.17, 15) is 14.9 Å². The smallest absolute Gasteiger partial charge is 0.341 e. The third-order valence-electron chi connectivity index (χ3n) is 2.55. The van der Waals surface area contributed by atoms with Crippen LogP contribution in [-0.2, 0) is 0 Å². The maximum atomic E-state index is 11.1. The fraction of sp³-hybridized carbons (Fsp3) is 0.0769. The van der Waals surface area contributed by atoms with Gasteiger partial charge in [0.15, 0.2) is 0 Å². The summed E-state index contributed by atoms with van der Waals surface area (Å²) in [6.45, 7) is 0. The molecule has 0 aliphatic rings. The molecule has 0 atom stereocenters. The number of aromatic nitrogens is 1. The predicted molar refractivity (Wildman–Crippen MR) is 70.9 cm³/mol. The Hall–Kier alpha value is -3.16. The van der Waals surface area contributed by atoms with Gasteiger partial charge in [-0.25, -0.2) is 9.78 Å². The number of nitro groups is 1. The first-order chi connectivity index (χ1) is 10.0. The Kier molecular flexibility index (Phi) is 3.98. The van der Waals surface area contributed by atoms with Gasteiger partial charge in [-0.15, -0.1) is 0 Å². The second kappa shape index (κ2) is 5.87. The predicted octanol–water partition coefficient (Wildman–Crippen LogP) is 2.49. The van der Waals surface area contributed by atoms with E-state index < -0.39 is 16.6 Å². The van der Waals surface area contributed by atoms with Gasteiger partial charge in [0.2, 0.25) is 5.88 Å². The molecule has 108 valence electrons. The van der Waals surface area contributed by atoms with E-state index in [0.717, 1.165) is 12.3 Å². The molecule has 0 unspecified atom stereocenters. The molecule has 0 fully saturated rings. The van der Waals surface area contributed by atoms with E-state index in [-0.39, 0.29) is 11.4 Å². The van der Waals surface area contributed by atoms with Crippen molar-refractivity contribution in [1.29, 1.82) is 0 Å². The lowest BCUT2D eigenvalue weighted by atomic mass is 10.2. The Balaban J connectivity index is 2.34. The first-order valence-electron chi connectivity index (χ1n) is 5.71. The largest absolute Gasteiger partial charge is 0.497 e. The minimum absolute atomic E-state index is 0.224. The van der Waals surface area contributed by atoms with Crippen LogP contribution in [0.5, 0.6) is 17.4 Å². The van der Waals surface area contributed by atoms with Crippen LogP contribution in [0.15, 0.2) is 36.5 Å². The fourth-order valence-electron chi connectivity index (χ4n) is 1.53. The minimum Gasteiger partial charge on any atom is -0.497 e. The summed E-state index contributed by atoms with van der Waals surface area (Å²) in [5.74, 6) is -0.648. The molecule has 1 aromatic carbocycles. The van der Waals surface area contributed by atoms with Gasteiger partial charge in [0, 0.05) is 6.07 Å². The molecule has 0 radical (unpaired) electrons. The molecule has 8 nitrogen and oxygen atoms in total. The molecule has 0 aliphatic carbocycles. The highest BCUT2D eigenvalue weighted by Crippen LogP contribution is 2.27. The van der Waals surface area contributed by atoms with Gasteiger partial charge in [0.1, 0.15) is 23.3 Å². The molecule has 8 heteroatoms. The molecule has 2 rings (SSSR count). The molecule has 0 aliphatic heterocycles. The monoisotopic (exact) mass is 290 g/mol. The highest BCUT2D eigenvalue weighted by atomic mass is 16.6. The Morgan fingerprint density at radius 1 is 1.29 bits per heavy atom. The summed E-state index contributed by atoms with van der Waals surface area (Å²) in [4.78, 5) is 24.7. The summed E-state index contributed by atoms with van der Waals surface area (Å²) >= 11 is 0. The van der Waals surface area contributed by atoms with Crippen molar-refractivity contribution in [2.45, 2.75) is 0 Å². The number of methoxy groups -OCH3 is 1. The van der Waals surface area contributed by atoms with E-state index in [1.807, 2.05) is 0 Å². The van der Waals surface area contributed by atoms with Crippen LogP contribution in [0.1, 0.15) is 10.4 Å². The Bertz CT molecular complexity index is 684. The maximum absolute atomic E-state index is 11.1. The van der Waals surface area contributed by atoms with Crippen molar-refractivity contribution in [3.63, 3.8) is 0 Å². The number of hydrogen-bond donors (Lipinski definition) is 1. The molecule has 1 heterocycles. The van der Waals surface area contributed by atoms with Gasteiger partial charge >= 0.3 is 5.97 Å². The number of carboxylic acids is 1. The molecule has 0 bridgehead atoms.